The molecule has 0 unspecified atom stereocenters. The van der Waals surface area contributed by atoms with Gasteiger partial charge in [0, 0.05) is 18.7 Å². The second kappa shape index (κ2) is 7.37. The first-order chi connectivity index (χ1) is 12.0. The molecule has 0 spiro atoms. The van der Waals surface area contributed by atoms with E-state index >= 15 is 0 Å². The number of aryl methyl sites for hydroxylation is 1. The fourth-order valence-electron chi connectivity index (χ4n) is 2.77. The Hall–Kier alpha value is -2.19. The van der Waals surface area contributed by atoms with Gasteiger partial charge in [0.25, 0.3) is 5.91 Å². The Labute approximate surface area is 147 Å². The predicted octanol–water partition coefficient (Wildman–Crippen LogP) is 2.09. The lowest BCUT2D eigenvalue weighted by atomic mass is 10.2. The zero-order chi connectivity index (χ0) is 17.9. The van der Waals surface area contributed by atoms with Crippen LogP contribution in [0.5, 0.6) is 0 Å². The summed E-state index contributed by atoms with van der Waals surface area (Å²) in [5, 5.41) is 2.70. The van der Waals surface area contributed by atoms with Crippen molar-refractivity contribution in [2.75, 3.05) is 13.1 Å². The van der Waals surface area contributed by atoms with Gasteiger partial charge in [0.05, 0.1) is 17.6 Å². The Kier molecular flexibility index (Phi) is 5.19. The zero-order valence-corrected chi connectivity index (χ0v) is 14.9. The third kappa shape index (κ3) is 4.08. The largest absolute Gasteiger partial charge is 0.444 e. The molecule has 3 rings (SSSR count). The van der Waals surface area contributed by atoms with E-state index in [2.05, 4.69) is 10.3 Å². The van der Waals surface area contributed by atoms with Crippen LogP contribution >= 0.6 is 0 Å². The van der Waals surface area contributed by atoms with Gasteiger partial charge in [-0.15, -0.1) is 0 Å². The minimum Gasteiger partial charge on any atom is -0.444 e. The summed E-state index contributed by atoms with van der Waals surface area (Å²) in [6.07, 6.45) is 4.43. The molecule has 0 atom stereocenters. The fraction of sp³-hybridized carbons (Fsp3) is 0.412. The summed E-state index contributed by atoms with van der Waals surface area (Å²) in [5.41, 5.74) is 0.390. The van der Waals surface area contributed by atoms with Gasteiger partial charge in [0.15, 0.2) is 0 Å². The van der Waals surface area contributed by atoms with E-state index in [0.717, 1.165) is 19.3 Å². The predicted molar refractivity (Wildman–Crippen MR) is 91.5 cm³/mol. The molecule has 1 saturated heterocycles. The molecule has 0 radical (unpaired) electrons. The molecule has 7 nitrogen and oxygen atoms in total. The summed E-state index contributed by atoms with van der Waals surface area (Å²) in [6, 6.07) is 6.00. The maximum absolute atomic E-state index is 12.6. The number of hydrogen-bond acceptors (Lipinski definition) is 5. The van der Waals surface area contributed by atoms with E-state index in [0.29, 0.717) is 30.3 Å². The Bertz CT molecular complexity index is 837. The number of amides is 1. The number of sulfonamides is 1. The Morgan fingerprint density at radius 1 is 1.20 bits per heavy atom. The Morgan fingerprint density at radius 2 is 1.88 bits per heavy atom. The summed E-state index contributed by atoms with van der Waals surface area (Å²) in [4.78, 5) is 16.4. The lowest BCUT2D eigenvalue weighted by molar-refractivity contribution is 0.0947. The lowest BCUT2D eigenvalue weighted by Gasteiger charge is -2.25. The third-order valence-electron chi connectivity index (χ3n) is 4.14. The summed E-state index contributed by atoms with van der Waals surface area (Å²) >= 11 is 0. The molecule has 25 heavy (non-hydrogen) atoms. The second-order valence-corrected chi connectivity index (χ2v) is 7.97. The molecule has 2 heterocycles. The van der Waals surface area contributed by atoms with Crippen molar-refractivity contribution in [3.05, 3.63) is 47.7 Å². The van der Waals surface area contributed by atoms with Crippen LogP contribution in [0.25, 0.3) is 0 Å². The molecule has 1 aromatic carbocycles. The maximum atomic E-state index is 12.6. The standard InChI is InChI=1S/C17H21N3O4S/c1-13-11-18-16(24-13)12-19-17(21)14-5-7-15(8-6-14)25(22,23)20-9-3-2-4-10-20/h5-8,11H,2-4,9-10,12H2,1H3,(H,19,21). The van der Waals surface area contributed by atoms with Crippen molar-refractivity contribution < 1.29 is 17.6 Å². The van der Waals surface area contributed by atoms with Gasteiger partial charge in [-0.25, -0.2) is 13.4 Å². The number of rotatable bonds is 5. The summed E-state index contributed by atoms with van der Waals surface area (Å²) in [5.74, 6) is 0.796. The first-order valence-electron chi connectivity index (χ1n) is 8.26. The van der Waals surface area contributed by atoms with E-state index in [1.54, 1.807) is 13.1 Å². The van der Waals surface area contributed by atoms with Gasteiger partial charge in [0.1, 0.15) is 5.76 Å². The van der Waals surface area contributed by atoms with Crippen LogP contribution in [0, 0.1) is 6.92 Å². The van der Waals surface area contributed by atoms with Crippen LogP contribution in [-0.4, -0.2) is 36.7 Å². The van der Waals surface area contributed by atoms with Gasteiger partial charge in [-0.1, -0.05) is 6.42 Å². The highest BCUT2D eigenvalue weighted by molar-refractivity contribution is 7.89. The molecule has 1 aliphatic heterocycles. The third-order valence-corrected chi connectivity index (χ3v) is 6.05. The first-order valence-corrected chi connectivity index (χ1v) is 9.70. The van der Waals surface area contributed by atoms with Gasteiger partial charge in [-0.05, 0) is 44.0 Å². The van der Waals surface area contributed by atoms with E-state index in [9.17, 15) is 13.2 Å². The van der Waals surface area contributed by atoms with Crippen molar-refractivity contribution in [2.45, 2.75) is 37.6 Å². The van der Waals surface area contributed by atoms with Crippen molar-refractivity contribution in [3.63, 3.8) is 0 Å². The number of aromatic nitrogens is 1. The highest BCUT2D eigenvalue weighted by Gasteiger charge is 2.25. The quantitative estimate of drug-likeness (QED) is 0.878. The van der Waals surface area contributed by atoms with E-state index in [1.165, 1.54) is 28.6 Å². The highest BCUT2D eigenvalue weighted by atomic mass is 32.2. The van der Waals surface area contributed by atoms with Crippen LogP contribution in [0.15, 0.2) is 39.8 Å². The first kappa shape index (κ1) is 17.6. The number of nitrogens with one attached hydrogen (secondary N) is 1. The van der Waals surface area contributed by atoms with Crippen LogP contribution in [0.2, 0.25) is 0 Å². The minimum atomic E-state index is -3.48. The Balaban J connectivity index is 1.65. The van der Waals surface area contributed by atoms with Crippen molar-refractivity contribution in [2.24, 2.45) is 0 Å². The van der Waals surface area contributed by atoms with Gasteiger partial charge in [-0.3, -0.25) is 4.79 Å². The van der Waals surface area contributed by atoms with Gasteiger partial charge >= 0.3 is 0 Å². The van der Waals surface area contributed by atoms with E-state index in [4.69, 9.17) is 4.42 Å². The number of nitrogens with zero attached hydrogens (tertiary/aromatic N) is 2. The lowest BCUT2D eigenvalue weighted by Crippen LogP contribution is -2.35. The van der Waals surface area contributed by atoms with E-state index in [-0.39, 0.29) is 17.3 Å². The normalized spacial score (nSPS) is 15.9. The van der Waals surface area contributed by atoms with Gasteiger partial charge < -0.3 is 9.73 Å². The van der Waals surface area contributed by atoms with Crippen LogP contribution in [0.4, 0.5) is 0 Å². The summed E-state index contributed by atoms with van der Waals surface area (Å²) < 4.78 is 32.0. The van der Waals surface area contributed by atoms with Crippen LogP contribution in [-0.2, 0) is 16.6 Å². The molecular weight excluding hydrogens is 342 g/mol. The fourth-order valence-corrected chi connectivity index (χ4v) is 4.29. The van der Waals surface area contributed by atoms with Crippen molar-refractivity contribution in [1.29, 1.82) is 0 Å². The second-order valence-electron chi connectivity index (χ2n) is 6.04. The number of carbonyl (C=O) groups excluding carboxylic acids is 1. The van der Waals surface area contributed by atoms with Gasteiger partial charge in [0.2, 0.25) is 15.9 Å². The van der Waals surface area contributed by atoms with Crippen LogP contribution < -0.4 is 5.32 Å². The molecular formula is C17H21N3O4S. The molecule has 1 aliphatic rings. The van der Waals surface area contributed by atoms with E-state index < -0.39 is 10.0 Å². The highest BCUT2D eigenvalue weighted by Crippen LogP contribution is 2.20. The smallest absolute Gasteiger partial charge is 0.251 e. The molecule has 1 N–H and O–H groups in total. The topological polar surface area (TPSA) is 92.5 Å². The van der Waals surface area contributed by atoms with E-state index in [1.807, 2.05) is 0 Å². The maximum Gasteiger partial charge on any atom is 0.251 e. The average molecular weight is 363 g/mol. The average Bonchev–Trinajstić information content (AvgIpc) is 3.06. The molecule has 0 bridgehead atoms. The number of benzene rings is 1. The molecule has 8 heteroatoms. The van der Waals surface area contributed by atoms with Crippen LogP contribution in [0.3, 0.4) is 0 Å². The molecule has 2 aromatic rings. The number of carbonyl (C=O) groups is 1. The van der Waals surface area contributed by atoms with Crippen molar-refractivity contribution in [3.8, 4) is 0 Å². The minimum absolute atomic E-state index is 0.181. The summed E-state index contributed by atoms with van der Waals surface area (Å²) in [7, 11) is -3.48. The molecule has 1 fully saturated rings. The SMILES string of the molecule is Cc1cnc(CNC(=O)c2ccc(S(=O)(=O)N3CCCCC3)cc2)o1. The summed E-state index contributed by atoms with van der Waals surface area (Å²) in [6.45, 7) is 3.07. The number of piperidine rings is 1. The Morgan fingerprint density at radius 3 is 2.48 bits per heavy atom. The zero-order valence-electron chi connectivity index (χ0n) is 14.1. The molecule has 0 saturated carbocycles. The van der Waals surface area contributed by atoms with Crippen molar-refractivity contribution >= 4 is 15.9 Å². The molecule has 1 aromatic heterocycles. The monoisotopic (exact) mass is 363 g/mol. The van der Waals surface area contributed by atoms with Crippen molar-refractivity contribution in [1.82, 2.24) is 14.6 Å². The number of hydrogen-bond donors (Lipinski definition) is 1. The molecule has 1 amide bonds. The van der Waals surface area contributed by atoms with Gasteiger partial charge in [-0.2, -0.15) is 4.31 Å². The number of oxazole rings is 1. The molecule has 0 aliphatic carbocycles. The molecule has 134 valence electrons. The van der Waals surface area contributed by atoms with Crippen LogP contribution in [0.1, 0.15) is 41.3 Å².